The SMILES string of the molecule is CC(C)c1ccc(C2N(c3cccc(Cl)c3)C(=O)C3CCCN32)cc1. The van der Waals surface area contributed by atoms with Crippen molar-refractivity contribution in [1.82, 2.24) is 4.90 Å². The second-order valence-electron chi connectivity index (χ2n) is 7.28. The predicted octanol–water partition coefficient (Wildman–Crippen LogP) is 4.97. The van der Waals surface area contributed by atoms with E-state index in [0.29, 0.717) is 10.9 Å². The van der Waals surface area contributed by atoms with Gasteiger partial charge >= 0.3 is 0 Å². The molecule has 2 aliphatic heterocycles. The zero-order chi connectivity index (χ0) is 17.6. The lowest BCUT2D eigenvalue weighted by molar-refractivity contribution is -0.119. The molecule has 2 aliphatic rings. The van der Waals surface area contributed by atoms with E-state index in [2.05, 4.69) is 43.0 Å². The van der Waals surface area contributed by atoms with Crippen LogP contribution in [-0.2, 0) is 4.79 Å². The van der Waals surface area contributed by atoms with Gasteiger partial charge < -0.3 is 0 Å². The Morgan fingerprint density at radius 1 is 1.12 bits per heavy atom. The molecule has 2 atom stereocenters. The molecule has 0 aromatic heterocycles. The fourth-order valence-electron chi connectivity index (χ4n) is 4.06. The molecule has 0 spiro atoms. The van der Waals surface area contributed by atoms with Gasteiger partial charge in [-0.1, -0.05) is 55.8 Å². The molecular formula is C21H23ClN2O. The van der Waals surface area contributed by atoms with Crippen molar-refractivity contribution in [3.63, 3.8) is 0 Å². The van der Waals surface area contributed by atoms with Crippen molar-refractivity contribution < 1.29 is 4.79 Å². The number of benzene rings is 2. The van der Waals surface area contributed by atoms with Crippen LogP contribution in [0.15, 0.2) is 48.5 Å². The molecule has 0 N–H and O–H groups in total. The summed E-state index contributed by atoms with van der Waals surface area (Å²) in [6, 6.07) is 16.3. The molecule has 2 heterocycles. The first-order valence-electron chi connectivity index (χ1n) is 9.00. The van der Waals surface area contributed by atoms with E-state index in [9.17, 15) is 4.79 Å². The van der Waals surface area contributed by atoms with Gasteiger partial charge in [0.2, 0.25) is 5.91 Å². The minimum absolute atomic E-state index is 0.00578. The van der Waals surface area contributed by atoms with Crippen molar-refractivity contribution in [2.24, 2.45) is 0 Å². The molecule has 1 amide bonds. The highest BCUT2D eigenvalue weighted by Gasteiger charge is 2.49. The Balaban J connectivity index is 1.77. The van der Waals surface area contributed by atoms with Crippen LogP contribution in [0.3, 0.4) is 0 Å². The summed E-state index contributed by atoms with van der Waals surface area (Å²) in [4.78, 5) is 17.4. The maximum atomic E-state index is 13.1. The molecule has 130 valence electrons. The monoisotopic (exact) mass is 354 g/mol. The summed E-state index contributed by atoms with van der Waals surface area (Å²) >= 11 is 6.19. The van der Waals surface area contributed by atoms with Crippen molar-refractivity contribution >= 4 is 23.2 Å². The number of halogens is 1. The summed E-state index contributed by atoms with van der Waals surface area (Å²) in [6.45, 7) is 5.36. The number of nitrogens with zero attached hydrogens (tertiary/aromatic N) is 2. The lowest BCUT2D eigenvalue weighted by atomic mass is 10.0. The van der Waals surface area contributed by atoms with Crippen LogP contribution < -0.4 is 4.90 Å². The molecule has 2 unspecified atom stereocenters. The average Bonchev–Trinajstić information content (AvgIpc) is 3.17. The van der Waals surface area contributed by atoms with Gasteiger partial charge in [-0.05, 0) is 48.1 Å². The van der Waals surface area contributed by atoms with Gasteiger partial charge in [-0.25, -0.2) is 0 Å². The van der Waals surface area contributed by atoms with Gasteiger partial charge in [-0.3, -0.25) is 14.6 Å². The smallest absolute Gasteiger partial charge is 0.246 e. The van der Waals surface area contributed by atoms with Gasteiger partial charge in [-0.15, -0.1) is 0 Å². The fraction of sp³-hybridized carbons (Fsp3) is 0.381. The highest BCUT2D eigenvalue weighted by molar-refractivity contribution is 6.31. The molecule has 2 aromatic carbocycles. The van der Waals surface area contributed by atoms with Gasteiger partial charge in [0.25, 0.3) is 0 Å². The summed E-state index contributed by atoms with van der Waals surface area (Å²) in [5.74, 6) is 0.695. The number of carbonyl (C=O) groups excluding carboxylic acids is 1. The van der Waals surface area contributed by atoms with Crippen LogP contribution >= 0.6 is 11.6 Å². The van der Waals surface area contributed by atoms with Crippen molar-refractivity contribution in [2.75, 3.05) is 11.4 Å². The van der Waals surface area contributed by atoms with Crippen LogP contribution in [0.1, 0.15) is 49.9 Å². The Hall–Kier alpha value is -1.84. The minimum atomic E-state index is -0.0420. The second-order valence-corrected chi connectivity index (χ2v) is 7.72. The van der Waals surface area contributed by atoms with Gasteiger partial charge in [0.05, 0.1) is 6.04 Å². The van der Waals surface area contributed by atoms with Crippen LogP contribution in [0.2, 0.25) is 5.02 Å². The Kier molecular flexibility index (Phi) is 4.30. The third-order valence-electron chi connectivity index (χ3n) is 5.36. The maximum absolute atomic E-state index is 13.1. The van der Waals surface area contributed by atoms with Crippen LogP contribution in [0.25, 0.3) is 0 Å². The molecule has 2 aromatic rings. The summed E-state index contributed by atoms with van der Waals surface area (Å²) in [5.41, 5.74) is 3.37. The van der Waals surface area contributed by atoms with E-state index >= 15 is 0 Å². The van der Waals surface area contributed by atoms with E-state index in [1.165, 1.54) is 11.1 Å². The molecule has 4 heteroatoms. The molecule has 2 saturated heterocycles. The lowest BCUT2D eigenvalue weighted by Gasteiger charge is -2.30. The molecule has 4 rings (SSSR count). The third kappa shape index (κ3) is 2.86. The maximum Gasteiger partial charge on any atom is 0.246 e. The highest BCUT2D eigenvalue weighted by Crippen LogP contribution is 2.42. The summed E-state index contributed by atoms with van der Waals surface area (Å²) in [7, 11) is 0. The molecule has 3 nitrogen and oxygen atoms in total. The third-order valence-corrected chi connectivity index (χ3v) is 5.60. The summed E-state index contributed by atoms with van der Waals surface area (Å²) in [5, 5.41) is 0.659. The Bertz CT molecular complexity index is 787. The van der Waals surface area contributed by atoms with E-state index in [0.717, 1.165) is 25.1 Å². The number of carbonyl (C=O) groups is 1. The Morgan fingerprint density at radius 3 is 2.56 bits per heavy atom. The Morgan fingerprint density at radius 2 is 1.88 bits per heavy atom. The zero-order valence-electron chi connectivity index (χ0n) is 14.7. The van der Waals surface area contributed by atoms with E-state index < -0.39 is 0 Å². The quantitative estimate of drug-likeness (QED) is 0.776. The van der Waals surface area contributed by atoms with E-state index in [1.807, 2.05) is 29.2 Å². The first-order valence-corrected chi connectivity index (χ1v) is 9.38. The number of hydrogen-bond donors (Lipinski definition) is 0. The van der Waals surface area contributed by atoms with Crippen molar-refractivity contribution in [1.29, 1.82) is 0 Å². The number of rotatable bonds is 3. The molecule has 0 radical (unpaired) electrons. The van der Waals surface area contributed by atoms with Crippen LogP contribution in [0.5, 0.6) is 0 Å². The summed E-state index contributed by atoms with van der Waals surface area (Å²) < 4.78 is 0. The average molecular weight is 355 g/mol. The van der Waals surface area contributed by atoms with E-state index in [4.69, 9.17) is 11.6 Å². The molecule has 0 aliphatic carbocycles. The van der Waals surface area contributed by atoms with E-state index in [-0.39, 0.29) is 18.1 Å². The lowest BCUT2D eigenvalue weighted by Crippen LogP contribution is -2.32. The highest BCUT2D eigenvalue weighted by atomic mass is 35.5. The molecule has 0 bridgehead atoms. The zero-order valence-corrected chi connectivity index (χ0v) is 15.4. The molecule has 0 saturated carbocycles. The molecule has 25 heavy (non-hydrogen) atoms. The van der Waals surface area contributed by atoms with Gasteiger partial charge in [0.1, 0.15) is 6.17 Å². The Labute approximate surface area is 154 Å². The number of amides is 1. The minimum Gasteiger partial charge on any atom is -0.290 e. The largest absolute Gasteiger partial charge is 0.290 e. The summed E-state index contributed by atoms with van der Waals surface area (Å²) in [6.07, 6.45) is 1.98. The number of hydrogen-bond acceptors (Lipinski definition) is 2. The number of fused-ring (bicyclic) bond motifs is 1. The second kappa shape index (κ2) is 6.47. The first kappa shape index (κ1) is 16.6. The normalized spacial score (nSPS) is 23.5. The van der Waals surface area contributed by atoms with Gasteiger partial charge in [-0.2, -0.15) is 0 Å². The van der Waals surface area contributed by atoms with Crippen molar-refractivity contribution in [2.45, 2.75) is 44.8 Å². The van der Waals surface area contributed by atoms with Crippen LogP contribution in [0.4, 0.5) is 5.69 Å². The molecule has 2 fully saturated rings. The van der Waals surface area contributed by atoms with Crippen LogP contribution in [0, 0.1) is 0 Å². The van der Waals surface area contributed by atoms with Gasteiger partial charge in [0, 0.05) is 17.3 Å². The number of anilines is 1. The predicted molar refractivity (Wildman–Crippen MR) is 102 cm³/mol. The van der Waals surface area contributed by atoms with Crippen molar-refractivity contribution in [3.05, 3.63) is 64.7 Å². The van der Waals surface area contributed by atoms with Gasteiger partial charge in [0.15, 0.2) is 0 Å². The standard InChI is InChI=1S/C21H23ClN2O/c1-14(2)15-8-10-16(11-9-15)20-23-12-4-7-19(23)21(25)24(20)18-6-3-5-17(22)13-18/h3,5-6,8-11,13-14,19-20H,4,7,12H2,1-2H3. The van der Waals surface area contributed by atoms with Crippen molar-refractivity contribution in [3.8, 4) is 0 Å². The van der Waals surface area contributed by atoms with E-state index in [1.54, 1.807) is 0 Å². The topological polar surface area (TPSA) is 23.6 Å². The van der Waals surface area contributed by atoms with Crippen LogP contribution in [-0.4, -0.2) is 23.4 Å². The first-order chi connectivity index (χ1) is 12.1. The fourth-order valence-corrected chi connectivity index (χ4v) is 4.25. The molecular weight excluding hydrogens is 332 g/mol.